The van der Waals surface area contributed by atoms with Gasteiger partial charge in [-0.1, -0.05) is 0 Å². The molecule has 0 bridgehead atoms. The highest BCUT2D eigenvalue weighted by Gasteiger charge is 2.35. The van der Waals surface area contributed by atoms with E-state index in [1.807, 2.05) is 0 Å². The van der Waals surface area contributed by atoms with Crippen LogP contribution in [0.5, 0.6) is 0 Å². The van der Waals surface area contributed by atoms with Gasteiger partial charge in [-0.3, -0.25) is 0 Å². The molecule has 1 aliphatic rings. The number of hydrogen-bond donors (Lipinski definition) is 0. The molecule has 0 N–H and O–H groups in total. The van der Waals surface area contributed by atoms with Crippen LogP contribution in [0.4, 0.5) is 0 Å². The van der Waals surface area contributed by atoms with E-state index in [9.17, 15) is 0 Å². The summed E-state index contributed by atoms with van der Waals surface area (Å²) in [5.41, 5.74) is 0. The first-order valence-electron chi connectivity index (χ1n) is 5.11. The standard InChI is InChI=1S/C9H20O4Si/c1-10-5-6-11-7-8-13-14(2)9-3-4-12-14/h3-9H2,1-2H3. The molecule has 0 aromatic rings. The molecule has 1 unspecified atom stereocenters. The zero-order valence-electron chi connectivity index (χ0n) is 9.08. The highest BCUT2D eigenvalue weighted by Crippen LogP contribution is 2.22. The van der Waals surface area contributed by atoms with Crippen LogP contribution in [0.3, 0.4) is 0 Å². The minimum absolute atomic E-state index is 0.634. The van der Waals surface area contributed by atoms with Gasteiger partial charge in [-0.2, -0.15) is 0 Å². The van der Waals surface area contributed by atoms with Crippen LogP contribution in [0, 0.1) is 0 Å². The van der Waals surface area contributed by atoms with Crippen molar-refractivity contribution in [2.75, 3.05) is 40.1 Å². The Bertz CT molecular complexity index is 148. The fourth-order valence-corrected chi connectivity index (χ4v) is 3.68. The van der Waals surface area contributed by atoms with E-state index in [0.717, 1.165) is 19.1 Å². The third kappa shape index (κ3) is 4.52. The molecule has 1 atom stereocenters. The molecule has 0 aromatic heterocycles. The van der Waals surface area contributed by atoms with E-state index in [-0.39, 0.29) is 0 Å². The second-order valence-corrected chi connectivity index (χ2v) is 6.88. The summed E-state index contributed by atoms with van der Waals surface area (Å²) in [6, 6.07) is 1.12. The number of ether oxygens (including phenoxy) is 2. The molecule has 0 radical (unpaired) electrons. The molecule has 1 heterocycles. The monoisotopic (exact) mass is 220 g/mol. The van der Waals surface area contributed by atoms with Crippen molar-refractivity contribution < 1.29 is 18.3 Å². The molecule has 1 saturated heterocycles. The van der Waals surface area contributed by atoms with Crippen molar-refractivity contribution in [1.29, 1.82) is 0 Å². The van der Waals surface area contributed by atoms with E-state index < -0.39 is 8.56 Å². The molecule has 5 heteroatoms. The maximum Gasteiger partial charge on any atom is 0.335 e. The van der Waals surface area contributed by atoms with Crippen LogP contribution < -0.4 is 0 Å². The van der Waals surface area contributed by atoms with Crippen LogP contribution in [0.25, 0.3) is 0 Å². The van der Waals surface area contributed by atoms with Gasteiger partial charge in [-0.05, 0) is 19.0 Å². The Morgan fingerprint density at radius 1 is 1.21 bits per heavy atom. The molecule has 0 amide bonds. The van der Waals surface area contributed by atoms with Gasteiger partial charge in [0.2, 0.25) is 0 Å². The normalized spacial score (nSPS) is 27.0. The van der Waals surface area contributed by atoms with E-state index in [1.165, 1.54) is 0 Å². The Kier molecular flexibility index (Phi) is 5.65. The second kappa shape index (κ2) is 6.52. The molecule has 1 aliphatic heterocycles. The van der Waals surface area contributed by atoms with Crippen LogP contribution >= 0.6 is 0 Å². The lowest BCUT2D eigenvalue weighted by Crippen LogP contribution is -2.35. The lowest BCUT2D eigenvalue weighted by Gasteiger charge is -2.19. The van der Waals surface area contributed by atoms with Crippen molar-refractivity contribution in [3.63, 3.8) is 0 Å². The van der Waals surface area contributed by atoms with Crippen LogP contribution in [-0.2, 0) is 18.3 Å². The van der Waals surface area contributed by atoms with Crippen molar-refractivity contribution in [2.45, 2.75) is 19.0 Å². The highest BCUT2D eigenvalue weighted by molar-refractivity contribution is 6.66. The summed E-state index contributed by atoms with van der Waals surface area (Å²) < 4.78 is 21.5. The molecule has 14 heavy (non-hydrogen) atoms. The zero-order chi connectivity index (χ0) is 10.3. The highest BCUT2D eigenvalue weighted by atomic mass is 28.4. The van der Waals surface area contributed by atoms with Crippen molar-refractivity contribution in [1.82, 2.24) is 0 Å². The topological polar surface area (TPSA) is 36.9 Å². The van der Waals surface area contributed by atoms with Gasteiger partial charge in [-0.25, -0.2) is 0 Å². The molecule has 1 rings (SSSR count). The van der Waals surface area contributed by atoms with Crippen molar-refractivity contribution in [2.24, 2.45) is 0 Å². The van der Waals surface area contributed by atoms with Crippen LogP contribution in [0.15, 0.2) is 0 Å². The van der Waals surface area contributed by atoms with Crippen LogP contribution in [0.1, 0.15) is 6.42 Å². The van der Waals surface area contributed by atoms with Gasteiger partial charge in [0.15, 0.2) is 0 Å². The Hall–Kier alpha value is 0.0569. The maximum absolute atomic E-state index is 5.72. The number of hydrogen-bond acceptors (Lipinski definition) is 4. The second-order valence-electron chi connectivity index (χ2n) is 3.54. The zero-order valence-corrected chi connectivity index (χ0v) is 10.1. The van der Waals surface area contributed by atoms with E-state index in [0.29, 0.717) is 26.4 Å². The fraction of sp³-hybridized carbons (Fsp3) is 1.00. The summed E-state index contributed by atoms with van der Waals surface area (Å²) >= 11 is 0. The molecule has 0 aromatic carbocycles. The van der Waals surface area contributed by atoms with Crippen molar-refractivity contribution >= 4 is 8.56 Å². The summed E-state index contributed by atoms with van der Waals surface area (Å²) in [6.45, 7) is 5.55. The molecule has 0 aliphatic carbocycles. The SMILES string of the molecule is COCCOCCO[Si]1(C)CCCO1. The average Bonchev–Trinajstić information content (AvgIpc) is 2.59. The molecular weight excluding hydrogens is 200 g/mol. The summed E-state index contributed by atoms with van der Waals surface area (Å²) in [5.74, 6) is 0. The van der Waals surface area contributed by atoms with E-state index >= 15 is 0 Å². The van der Waals surface area contributed by atoms with Gasteiger partial charge in [-0.15, -0.1) is 0 Å². The maximum atomic E-state index is 5.72. The largest absolute Gasteiger partial charge is 0.394 e. The Labute approximate surface area is 86.7 Å². The van der Waals surface area contributed by atoms with E-state index in [4.69, 9.17) is 18.3 Å². The van der Waals surface area contributed by atoms with Gasteiger partial charge in [0, 0.05) is 13.7 Å². The first-order chi connectivity index (χ1) is 6.77. The summed E-state index contributed by atoms with van der Waals surface area (Å²) in [7, 11) is -0.0991. The molecule has 1 fully saturated rings. The lowest BCUT2D eigenvalue weighted by atomic mass is 10.5. The average molecular weight is 220 g/mol. The first kappa shape index (κ1) is 12.1. The molecule has 0 spiro atoms. The summed E-state index contributed by atoms with van der Waals surface area (Å²) in [6.07, 6.45) is 1.15. The van der Waals surface area contributed by atoms with Gasteiger partial charge >= 0.3 is 8.56 Å². The Morgan fingerprint density at radius 3 is 2.64 bits per heavy atom. The molecule has 84 valence electrons. The minimum Gasteiger partial charge on any atom is -0.394 e. The van der Waals surface area contributed by atoms with Gasteiger partial charge in [0.1, 0.15) is 0 Å². The Balaban J connectivity index is 1.92. The molecular formula is C9H20O4Si. The van der Waals surface area contributed by atoms with Gasteiger partial charge < -0.3 is 18.3 Å². The number of rotatable bonds is 7. The third-order valence-corrected chi connectivity index (χ3v) is 5.14. The van der Waals surface area contributed by atoms with E-state index in [1.54, 1.807) is 7.11 Å². The van der Waals surface area contributed by atoms with E-state index in [2.05, 4.69) is 6.55 Å². The van der Waals surface area contributed by atoms with Crippen molar-refractivity contribution in [3.8, 4) is 0 Å². The van der Waals surface area contributed by atoms with Crippen LogP contribution in [0.2, 0.25) is 12.6 Å². The van der Waals surface area contributed by atoms with Gasteiger partial charge in [0.25, 0.3) is 0 Å². The predicted octanol–water partition coefficient (Wildman–Crippen LogP) is 1.16. The summed E-state index contributed by atoms with van der Waals surface area (Å²) in [4.78, 5) is 0. The van der Waals surface area contributed by atoms with Crippen molar-refractivity contribution in [3.05, 3.63) is 0 Å². The summed E-state index contributed by atoms with van der Waals surface area (Å²) in [5, 5.41) is 0. The van der Waals surface area contributed by atoms with Gasteiger partial charge in [0.05, 0.1) is 26.4 Å². The molecule has 4 nitrogen and oxygen atoms in total. The predicted molar refractivity (Wildman–Crippen MR) is 55.6 cm³/mol. The quantitative estimate of drug-likeness (QED) is 0.476. The smallest absolute Gasteiger partial charge is 0.335 e. The number of methoxy groups -OCH3 is 1. The minimum atomic E-state index is -1.77. The lowest BCUT2D eigenvalue weighted by molar-refractivity contribution is 0.0475. The first-order valence-corrected chi connectivity index (χ1v) is 7.64. The van der Waals surface area contributed by atoms with Crippen LogP contribution in [-0.4, -0.2) is 48.7 Å². The Morgan fingerprint density at radius 2 is 2.00 bits per heavy atom. The third-order valence-electron chi connectivity index (χ3n) is 2.25. The fourth-order valence-electron chi connectivity index (χ4n) is 1.43. The molecule has 0 saturated carbocycles.